The molecule has 1 aromatic carbocycles. The molecule has 0 radical (unpaired) electrons. The second-order valence-electron chi connectivity index (χ2n) is 6.46. The van der Waals surface area contributed by atoms with Crippen LogP contribution in [0.25, 0.3) is 0 Å². The van der Waals surface area contributed by atoms with Crippen LogP contribution in [0.4, 0.5) is 0 Å². The summed E-state index contributed by atoms with van der Waals surface area (Å²) in [5, 5.41) is 9.28. The van der Waals surface area contributed by atoms with Gasteiger partial charge < -0.3 is 20.7 Å². The van der Waals surface area contributed by atoms with Crippen molar-refractivity contribution in [1.82, 2.24) is 20.9 Å². The van der Waals surface area contributed by atoms with E-state index in [1.807, 2.05) is 25.1 Å². The van der Waals surface area contributed by atoms with E-state index in [1.54, 1.807) is 24.5 Å². The molecule has 8 heteroatoms. The summed E-state index contributed by atoms with van der Waals surface area (Å²) in [5.41, 5.74) is 1.73. The molecule has 164 valence electrons. The smallest absolute Gasteiger partial charge is 0.252 e. The zero-order valence-electron chi connectivity index (χ0n) is 17.6. The first-order chi connectivity index (χ1) is 14.2. The van der Waals surface area contributed by atoms with Gasteiger partial charge in [0.05, 0.1) is 11.7 Å². The molecule has 0 aliphatic heterocycles. The third-order valence-corrected chi connectivity index (χ3v) is 4.18. The Morgan fingerprint density at radius 1 is 1.10 bits per heavy atom. The summed E-state index contributed by atoms with van der Waals surface area (Å²) in [6.45, 7) is 7.25. The molecule has 0 bridgehead atoms. The van der Waals surface area contributed by atoms with Crippen molar-refractivity contribution in [1.29, 1.82) is 0 Å². The van der Waals surface area contributed by atoms with E-state index >= 15 is 0 Å². The lowest BCUT2D eigenvalue weighted by Crippen LogP contribution is -2.41. The van der Waals surface area contributed by atoms with Gasteiger partial charge in [0.25, 0.3) is 5.91 Å². The molecule has 3 N–H and O–H groups in total. The zero-order chi connectivity index (χ0) is 20.7. The molecule has 0 fully saturated rings. The summed E-state index contributed by atoms with van der Waals surface area (Å²) in [6.07, 6.45) is 4.11. The first kappa shape index (κ1) is 25.8. The third-order valence-electron chi connectivity index (χ3n) is 4.18. The number of nitrogens with zero attached hydrogens (tertiary/aromatic N) is 2. The Hall–Kier alpha value is -2.20. The standard InChI is InChI=1S/C22H31N5O2.HI/c1-3-24-22(27-15-14-25-21(28)20-11-7-12-23-17-20)26-13-8-16-29-18(2)19-9-5-4-6-10-19;/h4-7,9-12,17-18H,3,8,13-16H2,1-2H3,(H,25,28)(H2,24,26,27);1H. The van der Waals surface area contributed by atoms with E-state index < -0.39 is 0 Å². The molecular weight excluding hydrogens is 493 g/mol. The Bertz CT molecular complexity index is 744. The predicted octanol–water partition coefficient (Wildman–Crippen LogP) is 3.15. The van der Waals surface area contributed by atoms with Gasteiger partial charge in [-0.05, 0) is 38.0 Å². The van der Waals surface area contributed by atoms with Crippen LogP contribution in [0.5, 0.6) is 0 Å². The van der Waals surface area contributed by atoms with Crippen molar-refractivity contribution in [3.8, 4) is 0 Å². The third kappa shape index (κ3) is 10.0. The number of benzene rings is 1. The van der Waals surface area contributed by atoms with Crippen LogP contribution in [0.2, 0.25) is 0 Å². The zero-order valence-corrected chi connectivity index (χ0v) is 20.0. The van der Waals surface area contributed by atoms with Gasteiger partial charge in [-0.3, -0.25) is 14.8 Å². The van der Waals surface area contributed by atoms with Crippen molar-refractivity contribution < 1.29 is 9.53 Å². The number of hydrogen-bond acceptors (Lipinski definition) is 4. The average Bonchev–Trinajstić information content (AvgIpc) is 2.77. The minimum Gasteiger partial charge on any atom is -0.374 e. The van der Waals surface area contributed by atoms with E-state index in [2.05, 4.69) is 45.0 Å². The highest BCUT2D eigenvalue weighted by Gasteiger charge is 2.05. The highest BCUT2D eigenvalue weighted by molar-refractivity contribution is 14.0. The first-order valence-corrected chi connectivity index (χ1v) is 10.1. The molecule has 1 amide bonds. The van der Waals surface area contributed by atoms with E-state index in [0.717, 1.165) is 18.9 Å². The van der Waals surface area contributed by atoms with Gasteiger partial charge in [0.1, 0.15) is 0 Å². The Labute approximate surface area is 196 Å². The summed E-state index contributed by atoms with van der Waals surface area (Å²) >= 11 is 0. The van der Waals surface area contributed by atoms with Crippen LogP contribution < -0.4 is 16.0 Å². The van der Waals surface area contributed by atoms with Gasteiger partial charge in [-0.1, -0.05) is 30.3 Å². The Morgan fingerprint density at radius 2 is 1.87 bits per heavy atom. The number of hydrogen-bond donors (Lipinski definition) is 3. The molecule has 2 aromatic rings. The van der Waals surface area contributed by atoms with Gasteiger partial charge in [0, 0.05) is 45.2 Å². The number of carbonyl (C=O) groups excluding carboxylic acids is 1. The fraction of sp³-hybridized carbons (Fsp3) is 0.409. The van der Waals surface area contributed by atoms with Crippen molar-refractivity contribution in [2.24, 2.45) is 4.99 Å². The van der Waals surface area contributed by atoms with Crippen molar-refractivity contribution in [2.75, 3.05) is 32.8 Å². The largest absolute Gasteiger partial charge is 0.374 e. The van der Waals surface area contributed by atoms with Crippen LogP contribution in [0.15, 0.2) is 59.9 Å². The molecule has 1 atom stereocenters. The van der Waals surface area contributed by atoms with Crippen molar-refractivity contribution in [2.45, 2.75) is 26.4 Å². The fourth-order valence-electron chi connectivity index (χ4n) is 2.63. The van der Waals surface area contributed by atoms with Gasteiger partial charge in [-0.15, -0.1) is 24.0 Å². The minimum atomic E-state index is -0.133. The lowest BCUT2D eigenvalue weighted by atomic mass is 10.1. The van der Waals surface area contributed by atoms with E-state index in [4.69, 9.17) is 4.74 Å². The molecule has 1 aromatic heterocycles. The lowest BCUT2D eigenvalue weighted by molar-refractivity contribution is 0.0652. The summed E-state index contributed by atoms with van der Waals surface area (Å²) < 4.78 is 5.87. The van der Waals surface area contributed by atoms with E-state index in [1.165, 1.54) is 5.56 Å². The predicted molar refractivity (Wildman–Crippen MR) is 131 cm³/mol. The van der Waals surface area contributed by atoms with Gasteiger partial charge in [0.2, 0.25) is 0 Å². The van der Waals surface area contributed by atoms with Crippen molar-refractivity contribution in [3.05, 3.63) is 66.0 Å². The van der Waals surface area contributed by atoms with Crippen LogP contribution >= 0.6 is 24.0 Å². The first-order valence-electron chi connectivity index (χ1n) is 10.1. The van der Waals surface area contributed by atoms with Gasteiger partial charge in [-0.25, -0.2) is 0 Å². The second-order valence-corrected chi connectivity index (χ2v) is 6.46. The van der Waals surface area contributed by atoms with E-state index in [-0.39, 0.29) is 36.0 Å². The quantitative estimate of drug-likeness (QED) is 0.182. The maximum Gasteiger partial charge on any atom is 0.252 e. The number of aromatic nitrogens is 1. The molecule has 0 aliphatic rings. The van der Waals surface area contributed by atoms with Gasteiger partial charge in [-0.2, -0.15) is 0 Å². The maximum absolute atomic E-state index is 12.0. The van der Waals surface area contributed by atoms with E-state index in [9.17, 15) is 4.79 Å². The van der Waals surface area contributed by atoms with Gasteiger partial charge >= 0.3 is 0 Å². The number of nitrogens with one attached hydrogen (secondary N) is 3. The van der Waals surface area contributed by atoms with Crippen LogP contribution in [-0.2, 0) is 4.74 Å². The number of ether oxygens (including phenoxy) is 1. The van der Waals surface area contributed by atoms with Crippen molar-refractivity contribution in [3.63, 3.8) is 0 Å². The van der Waals surface area contributed by atoms with Crippen molar-refractivity contribution >= 4 is 35.8 Å². The molecular formula is C22H32IN5O2. The normalized spacial score (nSPS) is 11.9. The molecule has 1 unspecified atom stereocenters. The van der Waals surface area contributed by atoms with Crippen LogP contribution in [0.3, 0.4) is 0 Å². The monoisotopic (exact) mass is 525 g/mol. The molecule has 0 aliphatic carbocycles. The van der Waals surface area contributed by atoms with Crippen LogP contribution in [0, 0.1) is 0 Å². The Morgan fingerprint density at radius 3 is 2.57 bits per heavy atom. The summed E-state index contributed by atoms with van der Waals surface area (Å²) in [5.74, 6) is 0.603. The Kier molecular flexibility index (Phi) is 13.4. The topological polar surface area (TPSA) is 87.6 Å². The molecule has 0 spiro atoms. The number of guanidine groups is 1. The summed E-state index contributed by atoms with van der Waals surface area (Å²) in [7, 11) is 0. The van der Waals surface area contributed by atoms with E-state index in [0.29, 0.717) is 31.8 Å². The molecule has 7 nitrogen and oxygen atoms in total. The fourth-order valence-corrected chi connectivity index (χ4v) is 2.63. The van der Waals surface area contributed by atoms with Crippen LogP contribution in [0.1, 0.15) is 42.3 Å². The molecule has 0 saturated carbocycles. The lowest BCUT2D eigenvalue weighted by Gasteiger charge is -2.14. The number of amides is 1. The molecule has 0 saturated heterocycles. The van der Waals surface area contributed by atoms with Crippen LogP contribution in [-0.4, -0.2) is 49.6 Å². The SMILES string of the molecule is CCNC(=NCCCOC(C)c1ccccc1)NCCNC(=O)c1cccnc1.I. The summed E-state index contributed by atoms with van der Waals surface area (Å²) in [6, 6.07) is 13.7. The number of halogens is 1. The minimum absolute atomic E-state index is 0. The number of aliphatic imine (C=N–C) groups is 1. The average molecular weight is 525 g/mol. The summed E-state index contributed by atoms with van der Waals surface area (Å²) in [4.78, 5) is 20.5. The molecule has 1 heterocycles. The molecule has 2 rings (SSSR count). The Balaban J connectivity index is 0.00000450. The second kappa shape index (κ2) is 15.6. The molecule has 30 heavy (non-hydrogen) atoms. The highest BCUT2D eigenvalue weighted by Crippen LogP contribution is 2.15. The number of rotatable bonds is 11. The highest BCUT2D eigenvalue weighted by atomic mass is 127. The van der Waals surface area contributed by atoms with Gasteiger partial charge in [0.15, 0.2) is 5.96 Å². The number of pyridine rings is 1. The maximum atomic E-state index is 12.0. The number of carbonyl (C=O) groups is 1.